The first-order chi connectivity index (χ1) is 39.7. The minimum absolute atomic E-state index is 0.375. The van der Waals surface area contributed by atoms with Crippen molar-refractivity contribution in [2.45, 2.75) is 0 Å². The van der Waals surface area contributed by atoms with Crippen molar-refractivity contribution >= 4 is 137 Å². The first kappa shape index (κ1) is 44.5. The van der Waals surface area contributed by atoms with Gasteiger partial charge in [0.1, 0.15) is 34.2 Å². The van der Waals surface area contributed by atoms with Crippen LogP contribution in [-0.2, 0) is 0 Å². The zero-order valence-electron chi connectivity index (χ0n) is 43.0. The highest BCUT2D eigenvalue weighted by Crippen LogP contribution is 2.51. The van der Waals surface area contributed by atoms with Gasteiger partial charge in [-0.05, 0) is 120 Å². The molecule has 0 atom stereocenters. The lowest BCUT2D eigenvalue weighted by Crippen LogP contribution is -2.62. The third-order valence-corrected chi connectivity index (χ3v) is 16.2. The van der Waals surface area contributed by atoms with Crippen molar-refractivity contribution in [1.29, 1.82) is 0 Å². The number of rotatable bonds is 8. The largest absolute Gasteiger partial charge is 0.468 e. The first-order valence-electron chi connectivity index (χ1n) is 27.1. The number of fused-ring (bicyclic) bond motifs is 12. The van der Waals surface area contributed by atoms with Gasteiger partial charge in [-0.25, -0.2) is 0 Å². The van der Waals surface area contributed by atoms with E-state index in [4.69, 9.17) is 18.3 Å². The number of anilines is 12. The van der Waals surface area contributed by atoms with Gasteiger partial charge in [0.25, 0.3) is 0 Å². The summed E-state index contributed by atoms with van der Waals surface area (Å²) in [7, 11) is 0. The van der Waals surface area contributed by atoms with Gasteiger partial charge >= 0.3 is 13.4 Å². The van der Waals surface area contributed by atoms with Crippen molar-refractivity contribution in [2.75, 3.05) is 19.6 Å². The van der Waals surface area contributed by atoms with E-state index in [-0.39, 0.29) is 13.4 Å². The van der Waals surface area contributed by atoms with Crippen LogP contribution in [0.25, 0.3) is 21.9 Å². The van der Waals surface area contributed by atoms with Crippen molar-refractivity contribution in [3.05, 3.63) is 267 Å². The maximum atomic E-state index is 7.48. The summed E-state index contributed by atoms with van der Waals surface area (Å²) >= 11 is 0. The quantitative estimate of drug-likeness (QED) is 0.140. The summed E-state index contributed by atoms with van der Waals surface area (Å²) in [5, 5.41) is 2.05. The molecule has 0 saturated heterocycles. The van der Waals surface area contributed by atoms with E-state index in [1.54, 1.807) is 0 Å². The highest BCUT2D eigenvalue weighted by atomic mass is 16.5. The van der Waals surface area contributed by atoms with E-state index in [1.807, 2.05) is 0 Å². The van der Waals surface area contributed by atoms with Gasteiger partial charge in [0.05, 0.1) is 34.1 Å². The number of benzene rings is 11. The van der Waals surface area contributed by atoms with Crippen LogP contribution in [0.15, 0.2) is 276 Å². The summed E-state index contributed by atoms with van der Waals surface area (Å²) in [5.41, 5.74) is 19.3. The molecule has 0 amide bonds. The first-order valence-corrected chi connectivity index (χ1v) is 27.1. The van der Waals surface area contributed by atoms with Gasteiger partial charge in [0.15, 0.2) is 0 Å². The molecule has 0 spiro atoms. The van der Waals surface area contributed by atoms with Crippen LogP contribution in [0, 0.1) is 0 Å². The molecule has 0 aliphatic carbocycles. The molecule has 4 aliphatic heterocycles. The average Bonchev–Trinajstić information content (AvgIpc) is 4.11. The van der Waals surface area contributed by atoms with Gasteiger partial charge in [0, 0.05) is 85.4 Å². The second-order valence-corrected chi connectivity index (χ2v) is 20.7. The maximum absolute atomic E-state index is 7.48. The molecule has 0 fully saturated rings. The number of ether oxygens (including phenoxy) is 2. The molecule has 4 aliphatic rings. The van der Waals surface area contributed by atoms with E-state index in [1.165, 1.54) is 0 Å². The molecule has 0 saturated carbocycles. The summed E-state index contributed by atoms with van der Waals surface area (Å²) < 4.78 is 29.4. The highest BCUT2D eigenvalue weighted by molar-refractivity contribution is 7.01. The molecular weight excluding hydrogens is 982 g/mol. The standard InChI is InChI=1S/C70H44B2N4O4/c1-7-23-45(24-8-1)73(46-25-9-2-10-26-46)51-39-57-65-63(41-51)77-61-44-62-56(43-55(61)71(65)69-67(53-35-19-21-37-59(53)79-69)75(57)49-31-15-5-16-32-49)72-66-58(76(50-33-17-6-18-34-50)68-54-36-20-22-38-60(54)80-70(68)72)40-52(42-64(66)78-62)74(47-27-11-3-12-28-47)48-29-13-4-14-30-48/h1-44H. The molecule has 0 unspecified atom stereocenters. The van der Waals surface area contributed by atoms with Gasteiger partial charge < -0.3 is 37.9 Å². The number of nitrogens with zero attached hydrogens (tertiary/aromatic N) is 4. The average molecular weight is 1030 g/mol. The second kappa shape index (κ2) is 17.5. The maximum Gasteiger partial charge on any atom is 0.301 e. The summed E-state index contributed by atoms with van der Waals surface area (Å²) in [6.07, 6.45) is 0. The zero-order chi connectivity index (χ0) is 52.4. The van der Waals surface area contributed by atoms with E-state index in [2.05, 4.69) is 287 Å². The molecular formula is C70H44B2N4O4. The molecule has 80 heavy (non-hydrogen) atoms. The Hall–Kier alpha value is -10.6. The van der Waals surface area contributed by atoms with E-state index < -0.39 is 0 Å². The fraction of sp³-hybridized carbons (Fsp3) is 0. The van der Waals surface area contributed by atoms with E-state index in [0.29, 0.717) is 11.5 Å². The van der Waals surface area contributed by atoms with Crippen molar-refractivity contribution in [3.63, 3.8) is 0 Å². The Morgan fingerprint density at radius 1 is 0.300 bits per heavy atom. The van der Waals surface area contributed by atoms with Crippen LogP contribution in [0.5, 0.6) is 23.0 Å². The number of hydrogen-bond donors (Lipinski definition) is 0. The van der Waals surface area contributed by atoms with E-state index in [9.17, 15) is 0 Å². The molecule has 2 aromatic heterocycles. The topological polar surface area (TPSA) is 57.7 Å². The molecule has 0 bridgehead atoms. The fourth-order valence-corrected chi connectivity index (χ4v) is 13.0. The second-order valence-electron chi connectivity index (χ2n) is 20.7. The van der Waals surface area contributed by atoms with Crippen molar-refractivity contribution in [1.82, 2.24) is 0 Å². The Labute approximate surface area is 462 Å². The van der Waals surface area contributed by atoms with Crippen LogP contribution < -0.4 is 62.2 Å². The Morgan fingerprint density at radius 2 is 0.637 bits per heavy atom. The summed E-state index contributed by atoms with van der Waals surface area (Å²) in [5.74, 6) is 2.85. The minimum atomic E-state index is -0.375. The van der Waals surface area contributed by atoms with Crippen molar-refractivity contribution in [2.24, 2.45) is 0 Å². The lowest BCUT2D eigenvalue weighted by atomic mass is 9.33. The minimum Gasteiger partial charge on any atom is -0.468 e. The predicted octanol–water partition coefficient (Wildman–Crippen LogP) is 14.9. The molecule has 6 heterocycles. The molecule has 11 aromatic carbocycles. The molecule has 13 aromatic rings. The smallest absolute Gasteiger partial charge is 0.301 e. The molecule has 10 heteroatoms. The Balaban J connectivity index is 0.935. The molecule has 17 rings (SSSR count). The SMILES string of the molecule is c1ccc(N(c2ccccc2)c2cc3c4c(c2)N(c2ccccc2)c2c(oc5ccccc25)B4c2cc4c(cc2O3)Oc2cc(N(c3ccccc3)c3ccccc3)cc3c2B4c2oc4ccccc4c2N3c2ccccc2)cc1. The van der Waals surface area contributed by atoms with Crippen molar-refractivity contribution < 1.29 is 18.3 Å². The fourth-order valence-electron chi connectivity index (χ4n) is 13.0. The molecule has 0 N–H and O–H groups in total. The summed E-state index contributed by atoms with van der Waals surface area (Å²) in [6.45, 7) is -0.749. The monoisotopic (exact) mass is 1030 g/mol. The molecule has 0 radical (unpaired) electrons. The van der Waals surface area contributed by atoms with Crippen LogP contribution >= 0.6 is 0 Å². The lowest BCUT2D eigenvalue weighted by Gasteiger charge is -2.41. The Kier molecular flexibility index (Phi) is 9.73. The van der Waals surface area contributed by atoms with Crippen LogP contribution in [0.3, 0.4) is 0 Å². The number of hydrogen-bond acceptors (Lipinski definition) is 8. The third kappa shape index (κ3) is 6.66. The predicted molar refractivity (Wildman–Crippen MR) is 327 cm³/mol. The molecule has 8 nitrogen and oxygen atoms in total. The van der Waals surface area contributed by atoms with Gasteiger partial charge in [0.2, 0.25) is 0 Å². The van der Waals surface area contributed by atoms with Crippen LogP contribution in [0.1, 0.15) is 0 Å². The van der Waals surface area contributed by atoms with Gasteiger partial charge in [-0.1, -0.05) is 140 Å². The Bertz CT molecular complexity index is 4210. The summed E-state index contributed by atoms with van der Waals surface area (Å²) in [4.78, 5) is 9.36. The molecule has 374 valence electrons. The van der Waals surface area contributed by atoms with Gasteiger partial charge in [-0.15, -0.1) is 0 Å². The Morgan fingerprint density at radius 3 is 1.01 bits per heavy atom. The third-order valence-electron chi connectivity index (χ3n) is 16.2. The van der Waals surface area contributed by atoms with Crippen LogP contribution in [-0.4, -0.2) is 13.4 Å². The van der Waals surface area contributed by atoms with E-state index >= 15 is 0 Å². The lowest BCUT2D eigenvalue weighted by molar-refractivity contribution is 0.465. The zero-order valence-corrected chi connectivity index (χ0v) is 43.0. The number of para-hydroxylation sites is 8. The van der Waals surface area contributed by atoms with Crippen LogP contribution in [0.4, 0.5) is 68.2 Å². The van der Waals surface area contributed by atoms with Crippen molar-refractivity contribution in [3.8, 4) is 23.0 Å². The van der Waals surface area contributed by atoms with Gasteiger partial charge in [-0.3, -0.25) is 0 Å². The highest BCUT2D eigenvalue weighted by Gasteiger charge is 2.50. The normalized spacial score (nSPS) is 13.1. The van der Waals surface area contributed by atoms with E-state index in [0.717, 1.165) is 135 Å². The van der Waals surface area contributed by atoms with Gasteiger partial charge in [-0.2, -0.15) is 0 Å². The number of furan rings is 2. The summed E-state index contributed by atoms with van der Waals surface area (Å²) in [6, 6.07) is 93.7. The van der Waals surface area contributed by atoms with Crippen LogP contribution in [0.2, 0.25) is 0 Å².